The lowest BCUT2D eigenvalue weighted by Crippen LogP contribution is -2.40. The predicted molar refractivity (Wildman–Crippen MR) is 120 cm³/mol. The Balaban J connectivity index is 1.80. The summed E-state index contributed by atoms with van der Waals surface area (Å²) in [6.07, 6.45) is -0.975. The Labute approximate surface area is 186 Å². The number of hydrogen-bond donors (Lipinski definition) is 0. The number of ketones is 1. The van der Waals surface area contributed by atoms with E-state index in [2.05, 4.69) is 0 Å². The number of nitrogens with zero attached hydrogens (tertiary/aromatic N) is 2. The highest BCUT2D eigenvalue weighted by atomic mass is 16.5. The van der Waals surface area contributed by atoms with Crippen molar-refractivity contribution in [3.63, 3.8) is 0 Å². The van der Waals surface area contributed by atoms with Gasteiger partial charge in [-0.25, -0.2) is 4.79 Å². The van der Waals surface area contributed by atoms with Crippen molar-refractivity contribution in [2.24, 2.45) is 0 Å². The van der Waals surface area contributed by atoms with Crippen LogP contribution in [0.15, 0.2) is 84.9 Å². The molecule has 3 rings (SSSR count). The molecule has 160 valence electrons. The Morgan fingerprint density at radius 3 is 2.06 bits per heavy atom. The van der Waals surface area contributed by atoms with Gasteiger partial charge in [-0.2, -0.15) is 5.26 Å². The van der Waals surface area contributed by atoms with Gasteiger partial charge in [-0.05, 0) is 25.1 Å². The number of amides is 1. The van der Waals surface area contributed by atoms with Crippen LogP contribution in [0.3, 0.4) is 0 Å². The van der Waals surface area contributed by atoms with E-state index in [4.69, 9.17) is 10.00 Å². The highest BCUT2D eigenvalue weighted by molar-refractivity contribution is 6.14. The standard InChI is InChI=1S/C26H22N2O4/c1-19(25(30)28(18-10-17-27)21-13-6-3-7-14-21)32-26(31)23-16-9-8-15-22(23)24(29)20-11-4-2-5-12-20/h2-9,11-16,19H,10,18H2,1H3. The first kappa shape index (κ1) is 22.4. The normalized spacial score (nSPS) is 11.1. The predicted octanol–water partition coefficient (Wildman–Crippen LogP) is 4.41. The monoisotopic (exact) mass is 426 g/mol. The van der Waals surface area contributed by atoms with E-state index >= 15 is 0 Å². The molecule has 6 heteroatoms. The van der Waals surface area contributed by atoms with Crippen molar-refractivity contribution in [3.8, 4) is 6.07 Å². The third-order valence-corrected chi connectivity index (χ3v) is 4.84. The van der Waals surface area contributed by atoms with Crippen molar-refractivity contribution < 1.29 is 19.1 Å². The van der Waals surface area contributed by atoms with Crippen molar-refractivity contribution in [2.75, 3.05) is 11.4 Å². The van der Waals surface area contributed by atoms with E-state index < -0.39 is 18.0 Å². The summed E-state index contributed by atoms with van der Waals surface area (Å²) >= 11 is 0. The molecule has 0 aliphatic heterocycles. The van der Waals surface area contributed by atoms with Crippen LogP contribution in [0.4, 0.5) is 5.69 Å². The number of rotatable bonds is 8. The van der Waals surface area contributed by atoms with Gasteiger partial charge in [-0.1, -0.05) is 66.7 Å². The zero-order valence-corrected chi connectivity index (χ0v) is 17.6. The molecule has 0 aliphatic carbocycles. The molecule has 0 saturated heterocycles. The van der Waals surface area contributed by atoms with Gasteiger partial charge in [-0.3, -0.25) is 9.59 Å². The largest absolute Gasteiger partial charge is 0.449 e. The summed E-state index contributed by atoms with van der Waals surface area (Å²) in [4.78, 5) is 40.2. The summed E-state index contributed by atoms with van der Waals surface area (Å²) in [7, 11) is 0. The van der Waals surface area contributed by atoms with E-state index in [-0.39, 0.29) is 29.9 Å². The van der Waals surface area contributed by atoms with Crippen LogP contribution in [-0.4, -0.2) is 30.3 Å². The number of anilines is 1. The summed E-state index contributed by atoms with van der Waals surface area (Å²) in [5.74, 6) is -1.53. The third-order valence-electron chi connectivity index (χ3n) is 4.84. The Bertz CT molecular complexity index is 1140. The minimum Gasteiger partial charge on any atom is -0.449 e. The number of carbonyl (C=O) groups excluding carboxylic acids is 3. The second kappa shape index (κ2) is 10.7. The van der Waals surface area contributed by atoms with E-state index in [9.17, 15) is 14.4 Å². The average Bonchev–Trinajstić information content (AvgIpc) is 2.84. The maximum absolute atomic E-state index is 13.0. The van der Waals surface area contributed by atoms with Crippen molar-refractivity contribution >= 4 is 23.3 Å². The van der Waals surface area contributed by atoms with E-state index in [1.54, 1.807) is 72.8 Å². The van der Waals surface area contributed by atoms with Gasteiger partial charge < -0.3 is 9.64 Å². The molecule has 0 bridgehead atoms. The molecule has 1 amide bonds. The molecule has 0 radical (unpaired) electrons. The Hall–Kier alpha value is -4.24. The van der Waals surface area contributed by atoms with E-state index in [1.807, 2.05) is 12.1 Å². The van der Waals surface area contributed by atoms with Gasteiger partial charge in [0.1, 0.15) is 0 Å². The molecule has 1 atom stereocenters. The molecule has 0 aromatic heterocycles. The first-order valence-electron chi connectivity index (χ1n) is 10.2. The molecule has 3 aromatic rings. The van der Waals surface area contributed by atoms with E-state index in [0.29, 0.717) is 11.3 Å². The fraction of sp³-hybridized carbons (Fsp3) is 0.154. The van der Waals surface area contributed by atoms with Gasteiger partial charge >= 0.3 is 5.97 Å². The maximum atomic E-state index is 13.0. The van der Waals surface area contributed by atoms with Crippen molar-refractivity contribution in [1.29, 1.82) is 5.26 Å². The van der Waals surface area contributed by atoms with Crippen molar-refractivity contribution in [1.82, 2.24) is 0 Å². The minimum atomic E-state index is -1.11. The van der Waals surface area contributed by atoms with Crippen LogP contribution in [-0.2, 0) is 9.53 Å². The van der Waals surface area contributed by atoms with Crippen molar-refractivity contribution in [3.05, 3.63) is 102 Å². The lowest BCUT2D eigenvalue weighted by atomic mass is 9.98. The minimum absolute atomic E-state index is 0.0873. The van der Waals surface area contributed by atoms with E-state index in [1.165, 1.54) is 17.9 Å². The van der Waals surface area contributed by atoms with Gasteiger partial charge in [0.25, 0.3) is 5.91 Å². The number of carbonyl (C=O) groups is 3. The average molecular weight is 426 g/mol. The van der Waals surface area contributed by atoms with Crippen LogP contribution in [0, 0.1) is 11.3 Å². The lowest BCUT2D eigenvalue weighted by Gasteiger charge is -2.25. The summed E-state index contributed by atoms with van der Waals surface area (Å²) in [5, 5.41) is 8.95. The first-order valence-corrected chi connectivity index (χ1v) is 10.2. The van der Waals surface area contributed by atoms with Gasteiger partial charge in [0.15, 0.2) is 11.9 Å². The number of nitriles is 1. The van der Waals surface area contributed by atoms with Crippen LogP contribution in [0.1, 0.15) is 39.6 Å². The van der Waals surface area contributed by atoms with Gasteiger partial charge in [0.2, 0.25) is 0 Å². The Morgan fingerprint density at radius 2 is 1.44 bits per heavy atom. The smallest absolute Gasteiger partial charge is 0.339 e. The van der Waals surface area contributed by atoms with E-state index in [0.717, 1.165) is 0 Å². The zero-order valence-electron chi connectivity index (χ0n) is 17.6. The zero-order chi connectivity index (χ0) is 22.9. The second-order valence-corrected chi connectivity index (χ2v) is 7.02. The van der Waals surface area contributed by atoms with Crippen molar-refractivity contribution in [2.45, 2.75) is 19.4 Å². The topological polar surface area (TPSA) is 87.5 Å². The number of esters is 1. The number of para-hydroxylation sites is 1. The summed E-state index contributed by atoms with van der Waals surface area (Å²) < 4.78 is 5.44. The fourth-order valence-electron chi connectivity index (χ4n) is 3.23. The molecule has 0 fully saturated rings. The number of benzene rings is 3. The number of hydrogen-bond acceptors (Lipinski definition) is 5. The number of ether oxygens (including phenoxy) is 1. The molecule has 0 heterocycles. The molecular weight excluding hydrogens is 404 g/mol. The molecule has 3 aromatic carbocycles. The second-order valence-electron chi connectivity index (χ2n) is 7.02. The molecule has 32 heavy (non-hydrogen) atoms. The molecular formula is C26H22N2O4. The van der Waals surface area contributed by atoms with Gasteiger partial charge in [-0.15, -0.1) is 0 Å². The Morgan fingerprint density at radius 1 is 0.875 bits per heavy atom. The van der Waals surface area contributed by atoms with Crippen LogP contribution >= 0.6 is 0 Å². The molecule has 0 saturated carbocycles. The summed E-state index contributed by atoms with van der Waals surface area (Å²) in [6, 6.07) is 25.9. The lowest BCUT2D eigenvalue weighted by molar-refractivity contribution is -0.126. The fourth-order valence-corrected chi connectivity index (χ4v) is 3.23. The van der Waals surface area contributed by atoms with Gasteiger partial charge in [0, 0.05) is 23.4 Å². The van der Waals surface area contributed by atoms with Crippen LogP contribution in [0.25, 0.3) is 0 Å². The first-order chi connectivity index (χ1) is 15.5. The van der Waals surface area contributed by atoms with Crippen LogP contribution < -0.4 is 4.90 Å². The quantitative estimate of drug-likeness (QED) is 0.393. The van der Waals surface area contributed by atoms with Crippen LogP contribution in [0.2, 0.25) is 0 Å². The summed E-state index contributed by atoms with van der Waals surface area (Å²) in [5.41, 5.74) is 1.34. The summed E-state index contributed by atoms with van der Waals surface area (Å²) in [6.45, 7) is 1.65. The molecule has 0 spiro atoms. The highest BCUT2D eigenvalue weighted by Crippen LogP contribution is 2.19. The molecule has 6 nitrogen and oxygen atoms in total. The SMILES string of the molecule is CC(OC(=O)c1ccccc1C(=O)c1ccccc1)C(=O)N(CCC#N)c1ccccc1. The molecule has 1 unspecified atom stereocenters. The highest BCUT2D eigenvalue weighted by Gasteiger charge is 2.27. The molecule has 0 N–H and O–H groups in total. The maximum Gasteiger partial charge on any atom is 0.339 e. The van der Waals surface area contributed by atoms with Gasteiger partial charge in [0.05, 0.1) is 18.1 Å². The third kappa shape index (κ3) is 5.27. The molecule has 0 aliphatic rings. The van der Waals surface area contributed by atoms with Crippen LogP contribution in [0.5, 0.6) is 0 Å². The Kier molecular flexibility index (Phi) is 7.50.